The molecule has 11 heteroatoms. The van der Waals surface area contributed by atoms with E-state index in [1.54, 1.807) is 0 Å². The third-order valence-corrected chi connectivity index (χ3v) is 5.35. The van der Waals surface area contributed by atoms with E-state index in [0.29, 0.717) is 0 Å². The van der Waals surface area contributed by atoms with Crippen molar-refractivity contribution in [3.05, 3.63) is 0 Å². The van der Waals surface area contributed by atoms with E-state index < -0.39 is 0 Å². The molecule has 3 fully saturated rings. The van der Waals surface area contributed by atoms with Crippen molar-refractivity contribution >= 4 is 0 Å². The van der Waals surface area contributed by atoms with Gasteiger partial charge in [-0.3, -0.25) is 0 Å². The number of nitrogens with two attached hydrogens (primary N) is 6. The van der Waals surface area contributed by atoms with E-state index in [1.807, 2.05) is 0 Å². The van der Waals surface area contributed by atoms with Crippen molar-refractivity contribution < 1.29 is 105 Å². The van der Waals surface area contributed by atoms with E-state index in [2.05, 4.69) is 0 Å². The van der Waals surface area contributed by atoms with Crippen LogP contribution in [0, 0.1) is 0 Å². The maximum absolute atomic E-state index is 5.66. The second-order valence-electron chi connectivity index (χ2n) is 8.38. The van der Waals surface area contributed by atoms with Gasteiger partial charge in [0.05, 0.1) is 17.0 Å². The van der Waals surface area contributed by atoms with Crippen LogP contribution in [0.1, 0.15) is 96.3 Å². The molecule has 0 saturated heterocycles. The molecule has 0 aliphatic heterocycles. The van der Waals surface area contributed by atoms with Gasteiger partial charge in [-0.1, -0.05) is 57.8 Å². The topological polar surface area (TPSA) is 156 Å². The maximum Gasteiger partial charge on any atom is 0.0636 e. The van der Waals surface area contributed by atoms with Crippen LogP contribution in [0.25, 0.3) is 0 Å². The molecule has 3 saturated carbocycles. The van der Waals surface area contributed by atoms with Gasteiger partial charge >= 0.3 is 0 Å². The maximum atomic E-state index is 5.66. The first-order valence-corrected chi connectivity index (χ1v) is 9.85. The Morgan fingerprint density at radius 1 is 0.276 bits per heavy atom. The Morgan fingerprint density at radius 3 is 0.483 bits per heavy atom. The second-order valence-corrected chi connectivity index (χ2v) is 8.38. The van der Waals surface area contributed by atoms with E-state index in [1.165, 1.54) is 57.8 Å². The van der Waals surface area contributed by atoms with Gasteiger partial charge in [0.15, 0.2) is 0 Å². The zero-order valence-electron chi connectivity index (χ0n) is 17.2. The summed E-state index contributed by atoms with van der Waals surface area (Å²) in [4.78, 5) is 0. The van der Waals surface area contributed by atoms with E-state index in [9.17, 15) is 0 Å². The van der Waals surface area contributed by atoms with Crippen molar-refractivity contribution in [1.29, 1.82) is 0 Å². The summed E-state index contributed by atoms with van der Waals surface area (Å²) in [7, 11) is 0. The predicted octanol–water partition coefficient (Wildman–Crippen LogP) is 1.68. The minimum absolute atomic E-state index is 0. The SMILES string of the molecule is NC1(N)CCCCC1.NC1(N)CCCCC1.NC1(N)CCCCC1.[Pt].[Pt].[Pt].[Pt].[Pt]. The molecule has 6 nitrogen and oxygen atoms in total. The molecule has 0 aromatic rings. The Balaban J connectivity index is -0.0000000914. The van der Waals surface area contributed by atoms with Gasteiger partial charge in [-0.15, -0.1) is 0 Å². The average Bonchev–Trinajstić information content (AvgIpc) is 2.48. The van der Waals surface area contributed by atoms with Crippen LogP contribution in [0.4, 0.5) is 0 Å². The number of rotatable bonds is 0. The van der Waals surface area contributed by atoms with Crippen molar-refractivity contribution in [1.82, 2.24) is 0 Å². The number of hydrogen-bond acceptors (Lipinski definition) is 6. The van der Waals surface area contributed by atoms with Gasteiger partial charge in [0, 0.05) is 105 Å². The molecular formula is C18H42N6Pt5. The molecule has 3 rings (SSSR count). The molecule has 0 atom stereocenters. The molecule has 0 aromatic carbocycles. The third-order valence-electron chi connectivity index (χ3n) is 5.35. The smallest absolute Gasteiger partial charge is 0.0636 e. The second kappa shape index (κ2) is 21.7. The molecule has 0 aromatic heterocycles. The Bertz CT molecular complexity index is 283. The van der Waals surface area contributed by atoms with Gasteiger partial charge < -0.3 is 34.4 Å². The molecule has 3 aliphatic carbocycles. The molecule has 12 N–H and O–H groups in total. The normalized spacial score (nSPS) is 23.0. The summed E-state index contributed by atoms with van der Waals surface area (Å²) < 4.78 is 0. The largest absolute Gasteiger partial charge is 0.313 e. The van der Waals surface area contributed by atoms with Crippen LogP contribution in [-0.4, -0.2) is 17.0 Å². The van der Waals surface area contributed by atoms with E-state index in [-0.39, 0.29) is 122 Å². The minimum atomic E-state index is -0.321. The van der Waals surface area contributed by atoms with Gasteiger partial charge in [0.1, 0.15) is 0 Å². The summed E-state index contributed by atoms with van der Waals surface area (Å²) in [6, 6.07) is 0. The van der Waals surface area contributed by atoms with Gasteiger partial charge in [0.25, 0.3) is 0 Å². The predicted molar refractivity (Wildman–Crippen MR) is 103 cm³/mol. The Hall–Kier alpha value is 3.20. The van der Waals surface area contributed by atoms with Crippen LogP contribution < -0.4 is 34.4 Å². The van der Waals surface area contributed by atoms with Crippen molar-refractivity contribution in [2.24, 2.45) is 34.4 Å². The minimum Gasteiger partial charge on any atom is -0.313 e. The fourth-order valence-electron chi connectivity index (χ4n) is 3.63. The van der Waals surface area contributed by atoms with Gasteiger partial charge in [-0.05, 0) is 38.5 Å². The first-order chi connectivity index (χ1) is 11.1. The van der Waals surface area contributed by atoms with Crippen molar-refractivity contribution in [2.75, 3.05) is 0 Å². The van der Waals surface area contributed by atoms with E-state index in [0.717, 1.165) is 38.5 Å². The van der Waals surface area contributed by atoms with E-state index >= 15 is 0 Å². The van der Waals surface area contributed by atoms with Crippen LogP contribution in [0.5, 0.6) is 0 Å². The Labute approximate surface area is 250 Å². The molecular weight excluding hydrogens is 1280 g/mol. The number of hydrogen-bond donors (Lipinski definition) is 6. The van der Waals surface area contributed by atoms with E-state index in [4.69, 9.17) is 34.4 Å². The van der Waals surface area contributed by atoms with Gasteiger partial charge in [-0.2, -0.15) is 0 Å². The first-order valence-electron chi connectivity index (χ1n) is 9.85. The molecule has 0 heterocycles. The molecule has 0 amide bonds. The van der Waals surface area contributed by atoms with Gasteiger partial charge in [-0.25, -0.2) is 0 Å². The fourth-order valence-corrected chi connectivity index (χ4v) is 3.63. The summed E-state index contributed by atoms with van der Waals surface area (Å²) in [5, 5.41) is 0. The van der Waals surface area contributed by atoms with Crippen molar-refractivity contribution in [3.63, 3.8) is 0 Å². The van der Waals surface area contributed by atoms with Crippen molar-refractivity contribution in [2.45, 2.75) is 113 Å². The Morgan fingerprint density at radius 2 is 0.414 bits per heavy atom. The van der Waals surface area contributed by atoms with Crippen LogP contribution in [0.2, 0.25) is 0 Å². The van der Waals surface area contributed by atoms with Crippen LogP contribution in [0.3, 0.4) is 0 Å². The molecule has 29 heavy (non-hydrogen) atoms. The van der Waals surface area contributed by atoms with Crippen LogP contribution >= 0.6 is 0 Å². The third kappa shape index (κ3) is 24.1. The summed E-state index contributed by atoms with van der Waals surface area (Å²) in [5.41, 5.74) is 33.0. The molecule has 3 aliphatic rings. The fraction of sp³-hybridized carbons (Fsp3) is 1.00. The van der Waals surface area contributed by atoms with Crippen LogP contribution in [0.15, 0.2) is 0 Å². The molecule has 194 valence electrons. The Kier molecular flexibility index (Phi) is 31.7. The van der Waals surface area contributed by atoms with Crippen molar-refractivity contribution in [3.8, 4) is 0 Å². The molecule has 0 radical (unpaired) electrons. The summed E-state index contributed by atoms with van der Waals surface area (Å²) in [5.74, 6) is 0. The quantitative estimate of drug-likeness (QED) is 0.203. The van der Waals surface area contributed by atoms with Gasteiger partial charge in [0.2, 0.25) is 0 Å². The monoisotopic (exact) mass is 1320 g/mol. The van der Waals surface area contributed by atoms with Crippen LogP contribution in [-0.2, 0) is 105 Å². The molecule has 0 spiro atoms. The zero-order valence-corrected chi connectivity index (χ0v) is 28.5. The molecule has 0 unspecified atom stereocenters. The standard InChI is InChI=1S/3C6H14N2.5Pt/c3*7-6(8)4-2-1-3-5-6;;;;;/h3*1-5,7-8H2;;;;;. The summed E-state index contributed by atoms with van der Waals surface area (Å²) in [6.45, 7) is 0. The zero-order chi connectivity index (χ0) is 18.1. The molecule has 0 bridgehead atoms. The average molecular weight is 1320 g/mol. The first kappa shape index (κ1) is 42.4. The summed E-state index contributed by atoms with van der Waals surface area (Å²) in [6.07, 6.45) is 17.3. The summed E-state index contributed by atoms with van der Waals surface area (Å²) >= 11 is 0.